The average molecular weight is 254 g/mol. The van der Waals surface area contributed by atoms with Gasteiger partial charge in [0.1, 0.15) is 5.82 Å². The molecule has 0 radical (unpaired) electrons. The third-order valence-corrected chi connectivity index (χ3v) is 2.90. The minimum absolute atomic E-state index is 0.243. The molecule has 2 N–H and O–H groups in total. The van der Waals surface area contributed by atoms with Crippen LogP contribution < -0.4 is 10.2 Å². The first-order valence-corrected chi connectivity index (χ1v) is 6.21. The summed E-state index contributed by atoms with van der Waals surface area (Å²) in [5, 5.41) is 12.1. The van der Waals surface area contributed by atoms with Gasteiger partial charge in [0.15, 0.2) is 0 Å². The van der Waals surface area contributed by atoms with E-state index in [1.807, 2.05) is 11.0 Å². The van der Waals surface area contributed by atoms with Crippen LogP contribution in [0.25, 0.3) is 0 Å². The van der Waals surface area contributed by atoms with E-state index in [1.165, 1.54) is 6.07 Å². The van der Waals surface area contributed by atoms with Crippen molar-refractivity contribution in [3.05, 3.63) is 24.0 Å². The lowest BCUT2D eigenvalue weighted by Gasteiger charge is -2.29. The number of hydrogen-bond donors (Lipinski definition) is 2. The highest BCUT2D eigenvalue weighted by Crippen LogP contribution is 2.23. The van der Waals surface area contributed by atoms with Crippen molar-refractivity contribution in [1.29, 1.82) is 0 Å². The van der Waals surface area contributed by atoms with E-state index in [9.17, 15) is 4.39 Å². The summed E-state index contributed by atoms with van der Waals surface area (Å²) in [4.78, 5) is 1.98. The molecule has 4 nitrogen and oxygen atoms in total. The molecule has 1 saturated heterocycles. The van der Waals surface area contributed by atoms with Crippen LogP contribution >= 0.6 is 0 Å². The number of nitrogens with zero attached hydrogens (tertiary/aromatic N) is 1. The molecule has 1 aromatic carbocycles. The number of rotatable bonds is 4. The Hall–Kier alpha value is -1.33. The molecular formula is C13H19FN2O2. The molecule has 0 aromatic heterocycles. The molecule has 5 heteroatoms. The van der Waals surface area contributed by atoms with E-state index in [0.29, 0.717) is 31.1 Å². The Kier molecular flexibility index (Phi) is 4.38. The maximum atomic E-state index is 14.0. The Labute approximate surface area is 106 Å². The summed E-state index contributed by atoms with van der Waals surface area (Å²) in [5.74, 6) is -0.243. The number of ether oxygens (including phenoxy) is 1. The molecule has 0 unspecified atom stereocenters. The van der Waals surface area contributed by atoms with Crippen LogP contribution in [0.15, 0.2) is 18.2 Å². The second kappa shape index (κ2) is 6.02. The molecule has 1 atom stereocenters. The SMILES string of the molecule is C[C@H](O)CNc1ccc(N2CCOCC2)c(F)c1. The molecule has 0 aliphatic carbocycles. The van der Waals surface area contributed by atoms with Crippen molar-refractivity contribution in [3.63, 3.8) is 0 Å². The predicted octanol–water partition coefficient (Wildman–Crippen LogP) is 1.45. The van der Waals surface area contributed by atoms with Crippen molar-refractivity contribution in [2.24, 2.45) is 0 Å². The number of morpholine rings is 1. The van der Waals surface area contributed by atoms with E-state index in [-0.39, 0.29) is 5.82 Å². The van der Waals surface area contributed by atoms with E-state index in [0.717, 1.165) is 13.1 Å². The Morgan fingerprint density at radius 3 is 2.78 bits per heavy atom. The molecular weight excluding hydrogens is 235 g/mol. The van der Waals surface area contributed by atoms with E-state index in [4.69, 9.17) is 9.84 Å². The minimum atomic E-state index is -0.452. The van der Waals surface area contributed by atoms with Crippen LogP contribution in [0, 0.1) is 5.82 Å². The van der Waals surface area contributed by atoms with Crippen molar-refractivity contribution in [1.82, 2.24) is 0 Å². The van der Waals surface area contributed by atoms with Crippen molar-refractivity contribution in [2.75, 3.05) is 43.1 Å². The second-order valence-electron chi connectivity index (χ2n) is 4.50. The predicted molar refractivity (Wildman–Crippen MR) is 69.6 cm³/mol. The Morgan fingerprint density at radius 1 is 1.44 bits per heavy atom. The molecule has 100 valence electrons. The van der Waals surface area contributed by atoms with E-state index >= 15 is 0 Å². The fourth-order valence-corrected chi connectivity index (χ4v) is 1.94. The number of nitrogens with one attached hydrogen (secondary N) is 1. The van der Waals surface area contributed by atoms with Crippen LogP contribution in [0.2, 0.25) is 0 Å². The van der Waals surface area contributed by atoms with Gasteiger partial charge in [0, 0.05) is 25.3 Å². The maximum Gasteiger partial charge on any atom is 0.148 e. The zero-order chi connectivity index (χ0) is 13.0. The van der Waals surface area contributed by atoms with Crippen LogP contribution in [0.1, 0.15) is 6.92 Å². The smallest absolute Gasteiger partial charge is 0.148 e. The number of anilines is 2. The highest BCUT2D eigenvalue weighted by molar-refractivity contribution is 5.56. The fourth-order valence-electron chi connectivity index (χ4n) is 1.94. The van der Waals surface area contributed by atoms with Gasteiger partial charge in [0.2, 0.25) is 0 Å². The molecule has 1 fully saturated rings. The number of aliphatic hydroxyl groups excluding tert-OH is 1. The highest BCUT2D eigenvalue weighted by Gasteiger charge is 2.15. The summed E-state index contributed by atoms with van der Waals surface area (Å²) in [6.45, 7) is 4.82. The van der Waals surface area contributed by atoms with Gasteiger partial charge in [0.25, 0.3) is 0 Å². The van der Waals surface area contributed by atoms with E-state index < -0.39 is 6.10 Å². The normalized spacial score (nSPS) is 17.6. The minimum Gasteiger partial charge on any atom is -0.392 e. The van der Waals surface area contributed by atoms with Crippen molar-refractivity contribution >= 4 is 11.4 Å². The molecule has 0 amide bonds. The number of halogens is 1. The largest absolute Gasteiger partial charge is 0.392 e. The zero-order valence-electron chi connectivity index (χ0n) is 10.5. The van der Waals surface area contributed by atoms with Crippen molar-refractivity contribution in [3.8, 4) is 0 Å². The van der Waals surface area contributed by atoms with Gasteiger partial charge in [-0.25, -0.2) is 4.39 Å². The molecule has 1 aromatic rings. The van der Waals surface area contributed by atoms with Crippen LogP contribution in [-0.2, 0) is 4.74 Å². The first kappa shape index (κ1) is 13.1. The third-order valence-electron chi connectivity index (χ3n) is 2.90. The second-order valence-corrected chi connectivity index (χ2v) is 4.50. The topological polar surface area (TPSA) is 44.7 Å². The van der Waals surface area contributed by atoms with Gasteiger partial charge in [-0.2, -0.15) is 0 Å². The quantitative estimate of drug-likeness (QED) is 0.853. The van der Waals surface area contributed by atoms with E-state index in [1.54, 1.807) is 13.0 Å². The van der Waals surface area contributed by atoms with Crippen LogP contribution in [0.3, 0.4) is 0 Å². The first-order valence-electron chi connectivity index (χ1n) is 6.21. The summed E-state index contributed by atoms with van der Waals surface area (Å²) < 4.78 is 19.2. The van der Waals surface area contributed by atoms with Gasteiger partial charge in [0.05, 0.1) is 25.0 Å². The Balaban J connectivity index is 2.04. The fraction of sp³-hybridized carbons (Fsp3) is 0.538. The molecule has 18 heavy (non-hydrogen) atoms. The monoisotopic (exact) mass is 254 g/mol. The van der Waals surface area contributed by atoms with Crippen LogP contribution in [0.5, 0.6) is 0 Å². The maximum absolute atomic E-state index is 14.0. The van der Waals surface area contributed by atoms with Gasteiger partial charge >= 0.3 is 0 Å². The standard InChI is InChI=1S/C13H19FN2O2/c1-10(17)9-15-11-2-3-13(12(14)8-11)16-4-6-18-7-5-16/h2-3,8,10,15,17H,4-7,9H2,1H3/t10-/m0/s1. The van der Waals surface area contributed by atoms with Gasteiger partial charge in [-0.3, -0.25) is 0 Å². The molecule has 0 bridgehead atoms. The summed E-state index contributed by atoms with van der Waals surface area (Å²) >= 11 is 0. The molecule has 1 aliphatic heterocycles. The number of aliphatic hydroxyl groups is 1. The van der Waals surface area contributed by atoms with Gasteiger partial charge < -0.3 is 20.1 Å². The summed E-state index contributed by atoms with van der Waals surface area (Å²) in [5.41, 5.74) is 1.30. The third kappa shape index (κ3) is 3.34. The highest BCUT2D eigenvalue weighted by atomic mass is 19.1. The van der Waals surface area contributed by atoms with Crippen molar-refractivity contribution in [2.45, 2.75) is 13.0 Å². The molecule has 0 saturated carbocycles. The lowest BCUT2D eigenvalue weighted by atomic mass is 10.2. The van der Waals surface area contributed by atoms with E-state index in [2.05, 4.69) is 5.32 Å². The number of benzene rings is 1. The van der Waals surface area contributed by atoms with Crippen molar-refractivity contribution < 1.29 is 14.2 Å². The first-order chi connectivity index (χ1) is 8.66. The zero-order valence-corrected chi connectivity index (χ0v) is 10.5. The molecule has 0 spiro atoms. The summed E-state index contributed by atoms with van der Waals surface area (Å²) in [6.07, 6.45) is -0.452. The summed E-state index contributed by atoms with van der Waals surface area (Å²) in [7, 11) is 0. The Bertz CT molecular complexity index is 393. The molecule has 1 heterocycles. The lowest BCUT2D eigenvalue weighted by Crippen LogP contribution is -2.36. The van der Waals surface area contributed by atoms with Gasteiger partial charge in [-0.05, 0) is 25.1 Å². The average Bonchev–Trinajstić information content (AvgIpc) is 2.37. The lowest BCUT2D eigenvalue weighted by molar-refractivity contribution is 0.122. The van der Waals surface area contributed by atoms with Crippen LogP contribution in [0.4, 0.5) is 15.8 Å². The van der Waals surface area contributed by atoms with Gasteiger partial charge in [-0.1, -0.05) is 0 Å². The Morgan fingerprint density at radius 2 is 2.17 bits per heavy atom. The van der Waals surface area contributed by atoms with Crippen LogP contribution in [-0.4, -0.2) is 44.1 Å². The summed E-state index contributed by atoms with van der Waals surface area (Å²) in [6, 6.07) is 5.06. The molecule has 1 aliphatic rings. The number of hydrogen-bond acceptors (Lipinski definition) is 4. The van der Waals surface area contributed by atoms with Gasteiger partial charge in [-0.15, -0.1) is 0 Å². The molecule has 2 rings (SSSR count).